The van der Waals surface area contributed by atoms with Gasteiger partial charge in [0, 0.05) is 18.6 Å². The smallest absolute Gasteiger partial charge is 0.119 e. The highest BCUT2D eigenvalue weighted by molar-refractivity contribution is 5.29. The van der Waals surface area contributed by atoms with Crippen molar-refractivity contribution in [1.29, 1.82) is 0 Å². The molecule has 20 heavy (non-hydrogen) atoms. The topological polar surface area (TPSA) is 24.5 Å². The number of hydrogen-bond acceptors (Lipinski definition) is 3. The maximum absolute atomic E-state index is 5.51. The molecule has 0 aliphatic carbocycles. The fourth-order valence-corrected chi connectivity index (χ4v) is 2.99. The largest absolute Gasteiger partial charge is 0.494 e. The summed E-state index contributed by atoms with van der Waals surface area (Å²) in [6, 6.07) is 9.61. The molecular weight excluding hydrogens is 248 g/mol. The minimum absolute atomic E-state index is 0.395. The molecule has 0 spiro atoms. The van der Waals surface area contributed by atoms with Gasteiger partial charge in [-0.3, -0.25) is 4.90 Å². The van der Waals surface area contributed by atoms with Crippen LogP contribution in [0.5, 0.6) is 5.75 Å². The summed E-state index contributed by atoms with van der Waals surface area (Å²) in [5.41, 5.74) is 1.34. The second kappa shape index (κ2) is 7.65. The predicted molar refractivity (Wildman–Crippen MR) is 84.3 cm³/mol. The molecule has 0 aromatic heterocycles. The number of piperidine rings is 1. The van der Waals surface area contributed by atoms with Gasteiger partial charge in [-0.05, 0) is 58.0 Å². The average molecular weight is 276 g/mol. The van der Waals surface area contributed by atoms with Crippen molar-refractivity contribution < 1.29 is 4.74 Å². The lowest BCUT2D eigenvalue weighted by Gasteiger charge is -2.36. The van der Waals surface area contributed by atoms with Gasteiger partial charge in [0.2, 0.25) is 0 Å². The van der Waals surface area contributed by atoms with Crippen LogP contribution >= 0.6 is 0 Å². The van der Waals surface area contributed by atoms with Gasteiger partial charge in [0.25, 0.3) is 0 Å². The molecule has 112 valence electrons. The molecule has 1 aliphatic heterocycles. The van der Waals surface area contributed by atoms with Crippen LogP contribution < -0.4 is 10.1 Å². The molecule has 2 rings (SSSR count). The van der Waals surface area contributed by atoms with Gasteiger partial charge in [0.15, 0.2) is 0 Å². The molecule has 0 saturated carbocycles. The van der Waals surface area contributed by atoms with Crippen LogP contribution in [-0.2, 0) is 0 Å². The van der Waals surface area contributed by atoms with Crippen LogP contribution in [0.1, 0.15) is 44.7 Å². The average Bonchev–Trinajstić information content (AvgIpc) is 2.48. The van der Waals surface area contributed by atoms with Crippen LogP contribution in [0.4, 0.5) is 0 Å². The van der Waals surface area contributed by atoms with Gasteiger partial charge in [-0.15, -0.1) is 0 Å². The van der Waals surface area contributed by atoms with Crippen LogP contribution in [-0.4, -0.2) is 37.7 Å². The van der Waals surface area contributed by atoms with E-state index in [1.54, 1.807) is 0 Å². The standard InChI is InChI=1S/C17H28N2O/c1-4-20-16-10-8-15(9-11-16)17(18-3)13-19-12-6-5-7-14(19)2/h8-11,14,17-18H,4-7,12-13H2,1-3H3. The lowest BCUT2D eigenvalue weighted by Crippen LogP contribution is -2.42. The van der Waals surface area contributed by atoms with Crippen molar-refractivity contribution in [3.05, 3.63) is 29.8 Å². The van der Waals surface area contributed by atoms with Crippen molar-refractivity contribution in [2.75, 3.05) is 26.7 Å². The van der Waals surface area contributed by atoms with Gasteiger partial charge in [-0.25, -0.2) is 0 Å². The first-order valence-electron chi connectivity index (χ1n) is 7.88. The Morgan fingerprint density at radius 3 is 2.65 bits per heavy atom. The molecule has 1 heterocycles. The first-order chi connectivity index (χ1) is 9.74. The highest BCUT2D eigenvalue weighted by atomic mass is 16.5. The maximum atomic E-state index is 5.51. The lowest BCUT2D eigenvalue weighted by atomic mass is 10.0. The summed E-state index contributed by atoms with van der Waals surface area (Å²) in [6.07, 6.45) is 4.05. The minimum atomic E-state index is 0.395. The summed E-state index contributed by atoms with van der Waals surface area (Å²) < 4.78 is 5.51. The summed E-state index contributed by atoms with van der Waals surface area (Å²) in [5, 5.41) is 3.46. The molecular formula is C17H28N2O. The van der Waals surface area contributed by atoms with E-state index < -0.39 is 0 Å². The van der Waals surface area contributed by atoms with Gasteiger partial charge >= 0.3 is 0 Å². The Hall–Kier alpha value is -1.06. The molecule has 2 atom stereocenters. The Bertz CT molecular complexity index is 390. The zero-order chi connectivity index (χ0) is 14.4. The molecule has 1 saturated heterocycles. The van der Waals surface area contributed by atoms with E-state index in [0.29, 0.717) is 12.1 Å². The van der Waals surface area contributed by atoms with E-state index in [9.17, 15) is 0 Å². The van der Waals surface area contributed by atoms with Crippen molar-refractivity contribution in [2.45, 2.75) is 45.2 Å². The van der Waals surface area contributed by atoms with E-state index in [4.69, 9.17) is 4.74 Å². The SMILES string of the molecule is CCOc1ccc(C(CN2CCCCC2C)NC)cc1. The molecule has 3 heteroatoms. The molecule has 0 radical (unpaired) electrons. The summed E-state index contributed by atoms with van der Waals surface area (Å²) in [4.78, 5) is 2.61. The Labute approximate surface area is 123 Å². The lowest BCUT2D eigenvalue weighted by molar-refractivity contribution is 0.146. The molecule has 3 nitrogen and oxygen atoms in total. The number of likely N-dealkylation sites (N-methyl/N-ethyl adjacent to an activating group) is 1. The molecule has 1 aromatic carbocycles. The van der Waals surface area contributed by atoms with E-state index in [1.165, 1.54) is 31.4 Å². The Morgan fingerprint density at radius 1 is 1.30 bits per heavy atom. The molecule has 1 fully saturated rings. The van der Waals surface area contributed by atoms with Gasteiger partial charge in [-0.2, -0.15) is 0 Å². The highest BCUT2D eigenvalue weighted by Crippen LogP contribution is 2.22. The van der Waals surface area contributed by atoms with Crippen molar-refractivity contribution in [3.8, 4) is 5.75 Å². The van der Waals surface area contributed by atoms with E-state index in [2.05, 4.69) is 48.5 Å². The summed E-state index contributed by atoms with van der Waals surface area (Å²) >= 11 is 0. The zero-order valence-corrected chi connectivity index (χ0v) is 13.1. The molecule has 1 aromatic rings. The maximum Gasteiger partial charge on any atom is 0.119 e. The van der Waals surface area contributed by atoms with Gasteiger partial charge in [0.1, 0.15) is 5.75 Å². The Balaban J connectivity index is 1.99. The van der Waals surface area contributed by atoms with E-state index in [0.717, 1.165) is 18.9 Å². The number of nitrogens with one attached hydrogen (secondary N) is 1. The number of hydrogen-bond donors (Lipinski definition) is 1. The van der Waals surface area contributed by atoms with E-state index in [-0.39, 0.29) is 0 Å². The fraction of sp³-hybridized carbons (Fsp3) is 0.647. The van der Waals surface area contributed by atoms with Crippen LogP contribution in [0.3, 0.4) is 0 Å². The van der Waals surface area contributed by atoms with Crippen LogP contribution in [0.2, 0.25) is 0 Å². The Kier molecular flexibility index (Phi) is 5.86. The summed E-state index contributed by atoms with van der Waals surface area (Å²) in [6.45, 7) is 7.41. The van der Waals surface area contributed by atoms with Crippen molar-refractivity contribution in [3.63, 3.8) is 0 Å². The number of nitrogens with zero attached hydrogens (tertiary/aromatic N) is 1. The number of likely N-dealkylation sites (tertiary alicyclic amines) is 1. The second-order valence-corrected chi connectivity index (χ2v) is 5.68. The number of rotatable bonds is 6. The van der Waals surface area contributed by atoms with Crippen molar-refractivity contribution in [2.24, 2.45) is 0 Å². The highest BCUT2D eigenvalue weighted by Gasteiger charge is 2.21. The zero-order valence-electron chi connectivity index (χ0n) is 13.1. The normalized spacial score (nSPS) is 21.6. The second-order valence-electron chi connectivity index (χ2n) is 5.68. The fourth-order valence-electron chi connectivity index (χ4n) is 2.99. The van der Waals surface area contributed by atoms with Gasteiger partial charge in [0.05, 0.1) is 6.61 Å². The number of benzene rings is 1. The van der Waals surface area contributed by atoms with Gasteiger partial charge in [-0.1, -0.05) is 18.6 Å². The van der Waals surface area contributed by atoms with E-state index >= 15 is 0 Å². The Morgan fingerprint density at radius 2 is 2.05 bits per heavy atom. The first-order valence-corrected chi connectivity index (χ1v) is 7.88. The minimum Gasteiger partial charge on any atom is -0.494 e. The third kappa shape index (κ3) is 3.97. The van der Waals surface area contributed by atoms with Gasteiger partial charge < -0.3 is 10.1 Å². The van der Waals surface area contributed by atoms with Crippen LogP contribution in [0, 0.1) is 0 Å². The molecule has 2 unspecified atom stereocenters. The molecule has 0 amide bonds. The van der Waals surface area contributed by atoms with Crippen LogP contribution in [0.25, 0.3) is 0 Å². The quantitative estimate of drug-likeness (QED) is 0.863. The van der Waals surface area contributed by atoms with Crippen LogP contribution in [0.15, 0.2) is 24.3 Å². The summed E-state index contributed by atoms with van der Waals surface area (Å²) in [7, 11) is 2.05. The third-order valence-corrected chi connectivity index (χ3v) is 4.30. The number of ether oxygens (including phenoxy) is 1. The van der Waals surface area contributed by atoms with Crippen molar-refractivity contribution in [1.82, 2.24) is 10.2 Å². The van der Waals surface area contributed by atoms with E-state index in [1.807, 2.05) is 6.92 Å². The summed E-state index contributed by atoms with van der Waals surface area (Å²) in [5.74, 6) is 0.956. The monoisotopic (exact) mass is 276 g/mol. The van der Waals surface area contributed by atoms with Crippen molar-refractivity contribution >= 4 is 0 Å². The first kappa shape index (κ1) is 15.3. The third-order valence-electron chi connectivity index (χ3n) is 4.30. The molecule has 0 bridgehead atoms. The molecule has 1 N–H and O–H groups in total. The predicted octanol–water partition coefficient (Wildman–Crippen LogP) is 3.22. The molecule has 1 aliphatic rings.